The average Bonchev–Trinajstić information content (AvgIpc) is 3.73. The van der Waals surface area contributed by atoms with Gasteiger partial charge in [-0.2, -0.15) is 0 Å². The van der Waals surface area contributed by atoms with Crippen molar-refractivity contribution in [1.29, 1.82) is 0 Å². The summed E-state index contributed by atoms with van der Waals surface area (Å²) in [6.45, 7) is 14.7. The van der Waals surface area contributed by atoms with Gasteiger partial charge >= 0.3 is 0 Å². The summed E-state index contributed by atoms with van der Waals surface area (Å²) in [7, 11) is 0. The summed E-state index contributed by atoms with van der Waals surface area (Å²) in [6, 6.07) is 0. The monoisotopic (exact) mass is 730 g/mol. The van der Waals surface area contributed by atoms with Crippen LogP contribution in [-0.2, 0) is 38.0 Å². The summed E-state index contributed by atoms with van der Waals surface area (Å²) in [6.07, 6.45) is 1.93. The van der Waals surface area contributed by atoms with Crippen molar-refractivity contribution in [3.63, 3.8) is 0 Å². The van der Waals surface area contributed by atoms with E-state index in [1.807, 2.05) is 6.92 Å². The van der Waals surface area contributed by atoms with Crippen molar-refractivity contribution in [2.24, 2.45) is 23.7 Å². The van der Waals surface area contributed by atoms with Gasteiger partial charge in [-0.3, -0.25) is 9.59 Å². The first-order valence-electron chi connectivity index (χ1n) is 20.2. The van der Waals surface area contributed by atoms with Crippen molar-refractivity contribution in [1.82, 2.24) is 0 Å². The number of carbonyl (C=O) groups excluding carboxylic acids is 2. The lowest BCUT2D eigenvalue weighted by Crippen LogP contribution is -2.60. The number of ketones is 2. The predicted molar refractivity (Wildman–Crippen MR) is 190 cm³/mol. The van der Waals surface area contributed by atoms with E-state index >= 15 is 0 Å². The number of hydrogen-bond acceptors (Lipinski definition) is 11. The minimum atomic E-state index is -0.922. The molecule has 0 aromatic rings. The van der Waals surface area contributed by atoms with Gasteiger partial charge < -0.3 is 43.7 Å². The fraction of sp³-hybridized carbons (Fsp3) is 0.854. The maximum absolute atomic E-state index is 13.8. The van der Waals surface area contributed by atoms with Gasteiger partial charge in [0.1, 0.15) is 29.9 Å². The Morgan fingerprint density at radius 3 is 2.21 bits per heavy atom. The second-order valence-corrected chi connectivity index (χ2v) is 17.3. The molecular formula is C41H62O11. The van der Waals surface area contributed by atoms with E-state index in [-0.39, 0.29) is 116 Å². The molecule has 7 fully saturated rings. The van der Waals surface area contributed by atoms with Gasteiger partial charge in [-0.25, -0.2) is 0 Å². The van der Waals surface area contributed by atoms with E-state index in [0.717, 1.165) is 36.8 Å². The number of ether oxygens (including phenoxy) is 6. The number of carbonyl (C=O) groups is 2. The van der Waals surface area contributed by atoms with E-state index in [1.165, 1.54) is 0 Å². The molecule has 7 aliphatic heterocycles. The second kappa shape index (κ2) is 16.3. The first-order valence-corrected chi connectivity index (χ1v) is 20.2. The Labute approximate surface area is 308 Å². The van der Waals surface area contributed by atoms with Gasteiger partial charge in [0.25, 0.3) is 0 Å². The summed E-state index contributed by atoms with van der Waals surface area (Å²) in [5.41, 5.74) is 2.10. The van der Waals surface area contributed by atoms with Gasteiger partial charge in [-0.15, -0.1) is 0 Å². The molecular weight excluding hydrogens is 668 g/mol. The Hall–Kier alpha value is -1.54. The first kappa shape index (κ1) is 38.7. The highest BCUT2D eigenvalue weighted by Gasteiger charge is 2.56. The van der Waals surface area contributed by atoms with Crippen molar-refractivity contribution >= 4 is 11.6 Å². The molecule has 7 rings (SSSR count). The Morgan fingerprint density at radius 1 is 0.692 bits per heavy atom. The zero-order valence-corrected chi connectivity index (χ0v) is 31.3. The van der Waals surface area contributed by atoms with Crippen LogP contribution in [0.5, 0.6) is 0 Å². The quantitative estimate of drug-likeness (QED) is 0.360. The number of fused-ring (bicyclic) bond motifs is 7. The molecule has 0 amide bonds. The number of rotatable bonds is 3. The molecule has 7 aliphatic rings. The highest BCUT2D eigenvalue weighted by atomic mass is 16.6. The lowest BCUT2D eigenvalue weighted by Gasteiger charge is -2.46. The molecule has 7 heterocycles. The molecule has 18 atom stereocenters. The van der Waals surface area contributed by atoms with Gasteiger partial charge in [-0.05, 0) is 73.8 Å². The third-order valence-electron chi connectivity index (χ3n) is 13.7. The Bertz CT molecular complexity index is 1320. The third-order valence-corrected chi connectivity index (χ3v) is 13.7. The minimum Gasteiger partial charge on any atom is -0.394 e. The standard InChI is InChI=1S/C41H62O11/c1-20-12-29-8-10-32-21(2)13-28(47-32)7-6-25(43)16-35-24(5)39-41(52-35)38(46)40-33(51-39)11-9-30(49-40)14-26(44)15-31-23(4)34(17-27(45)19-42)50-37(31)18-36(48-29)22(20)3/h20,23-24,27-42,45-46H,2-3,6-19H2,1,4-5H3/t20-,23-,24+,27+,28+,29+,30?,31-,32?,33+,34-,35+,36-,37?,38+,39+,40+,41+/m1/s1. The Kier molecular flexibility index (Phi) is 12.1. The summed E-state index contributed by atoms with van der Waals surface area (Å²) in [5, 5.41) is 31.5. The highest BCUT2D eigenvalue weighted by molar-refractivity contribution is 5.79. The van der Waals surface area contributed by atoms with Gasteiger partial charge in [0.05, 0.1) is 73.8 Å². The molecule has 0 spiro atoms. The van der Waals surface area contributed by atoms with Crippen LogP contribution < -0.4 is 0 Å². The van der Waals surface area contributed by atoms with Gasteiger partial charge in [0.15, 0.2) is 0 Å². The SMILES string of the molecule is C=C1C[C@@H]2CCC(=O)C[C@@H]3O[C@H]4[C@@H](O)[C@H]5OC(CC[C@@H]5O[C@H]4[C@H]3C)CC(=O)C[C@H]3C(C[C@H]4O[C@@H](CCC1O2)C[C@@H](C)C4=C)O[C@H](C[C@H](O)CO)[C@@H]3C. The van der Waals surface area contributed by atoms with Crippen molar-refractivity contribution in [3.8, 4) is 0 Å². The lowest BCUT2D eigenvalue weighted by molar-refractivity contribution is -0.256. The molecule has 11 heteroatoms. The van der Waals surface area contributed by atoms with Crippen LogP contribution in [0.2, 0.25) is 0 Å². The molecule has 0 radical (unpaired) electrons. The van der Waals surface area contributed by atoms with Crippen LogP contribution in [0.3, 0.4) is 0 Å². The Morgan fingerprint density at radius 2 is 1.42 bits per heavy atom. The van der Waals surface area contributed by atoms with Crippen LogP contribution >= 0.6 is 0 Å². The Balaban J connectivity index is 1.10. The number of Topliss-reactive ketones (excluding diaryl/α,β-unsaturated/α-hetero) is 2. The predicted octanol–water partition coefficient (Wildman–Crippen LogP) is 4.16. The normalized spacial score (nSPS) is 48.4. The van der Waals surface area contributed by atoms with Crippen LogP contribution in [-0.4, -0.2) is 119 Å². The van der Waals surface area contributed by atoms with Crippen LogP contribution in [0.15, 0.2) is 24.3 Å². The fourth-order valence-electron chi connectivity index (χ4n) is 10.4. The van der Waals surface area contributed by atoms with Gasteiger partial charge in [0.2, 0.25) is 0 Å². The molecule has 0 saturated carbocycles. The van der Waals surface area contributed by atoms with E-state index in [9.17, 15) is 24.9 Å². The van der Waals surface area contributed by atoms with E-state index < -0.39 is 24.4 Å². The summed E-state index contributed by atoms with van der Waals surface area (Å²) >= 11 is 0. The number of aliphatic hydroxyl groups is 3. The molecule has 52 heavy (non-hydrogen) atoms. The smallest absolute Gasteiger partial charge is 0.135 e. The summed E-state index contributed by atoms with van der Waals surface area (Å²) in [5.74, 6) is 0.265. The van der Waals surface area contributed by atoms with Gasteiger partial charge in [-0.1, -0.05) is 33.9 Å². The molecule has 7 saturated heterocycles. The van der Waals surface area contributed by atoms with E-state index in [0.29, 0.717) is 44.9 Å². The van der Waals surface area contributed by atoms with Crippen LogP contribution in [0, 0.1) is 23.7 Å². The minimum absolute atomic E-state index is 0.0158. The van der Waals surface area contributed by atoms with Crippen LogP contribution in [0.4, 0.5) is 0 Å². The van der Waals surface area contributed by atoms with E-state index in [4.69, 9.17) is 28.4 Å². The first-order chi connectivity index (χ1) is 24.9. The average molecular weight is 731 g/mol. The van der Waals surface area contributed by atoms with Crippen molar-refractivity contribution < 1.29 is 53.3 Å². The van der Waals surface area contributed by atoms with Gasteiger partial charge in [0, 0.05) is 44.4 Å². The molecule has 0 aromatic carbocycles. The number of hydrogen-bond donors (Lipinski definition) is 3. The molecule has 3 unspecified atom stereocenters. The molecule has 292 valence electrons. The van der Waals surface area contributed by atoms with Crippen LogP contribution in [0.25, 0.3) is 0 Å². The van der Waals surface area contributed by atoms with Crippen molar-refractivity contribution in [3.05, 3.63) is 24.3 Å². The summed E-state index contributed by atoms with van der Waals surface area (Å²) < 4.78 is 39.1. The largest absolute Gasteiger partial charge is 0.394 e. The van der Waals surface area contributed by atoms with Crippen LogP contribution in [0.1, 0.15) is 104 Å². The highest BCUT2D eigenvalue weighted by Crippen LogP contribution is 2.45. The zero-order chi connectivity index (χ0) is 36.8. The molecule has 0 aromatic heterocycles. The van der Waals surface area contributed by atoms with Crippen molar-refractivity contribution in [2.45, 2.75) is 190 Å². The van der Waals surface area contributed by atoms with E-state index in [2.05, 4.69) is 27.0 Å². The molecule has 0 aliphatic carbocycles. The molecule has 3 N–H and O–H groups in total. The zero-order valence-electron chi connectivity index (χ0n) is 31.3. The van der Waals surface area contributed by atoms with E-state index in [1.54, 1.807) is 0 Å². The molecule has 8 bridgehead atoms. The topological polar surface area (TPSA) is 150 Å². The molecule has 11 nitrogen and oxygen atoms in total. The third kappa shape index (κ3) is 8.19. The number of aliphatic hydroxyl groups excluding tert-OH is 3. The fourth-order valence-corrected chi connectivity index (χ4v) is 10.4. The maximum Gasteiger partial charge on any atom is 0.135 e. The summed E-state index contributed by atoms with van der Waals surface area (Å²) in [4.78, 5) is 27.1. The lowest BCUT2D eigenvalue weighted by atomic mass is 9.78. The maximum atomic E-state index is 13.8. The second-order valence-electron chi connectivity index (χ2n) is 17.3. The van der Waals surface area contributed by atoms with Crippen molar-refractivity contribution in [2.75, 3.05) is 6.61 Å².